The summed E-state index contributed by atoms with van der Waals surface area (Å²) in [4.78, 5) is 28.3. The molecule has 5 heteroatoms. The van der Waals surface area contributed by atoms with Crippen LogP contribution in [0, 0.1) is 6.92 Å². The Kier molecular flexibility index (Phi) is 3.67. The molecule has 5 rings (SSSR count). The zero-order valence-corrected chi connectivity index (χ0v) is 15.7. The van der Waals surface area contributed by atoms with Crippen LogP contribution in [0.25, 0.3) is 0 Å². The molecule has 140 valence electrons. The van der Waals surface area contributed by atoms with Crippen LogP contribution in [0.4, 0.5) is 0 Å². The normalized spacial score (nSPS) is 23.1. The predicted molar refractivity (Wildman–Crippen MR) is 102 cm³/mol. The highest BCUT2D eigenvalue weighted by Crippen LogP contribution is 2.45. The van der Waals surface area contributed by atoms with Gasteiger partial charge in [-0.3, -0.25) is 9.59 Å². The van der Waals surface area contributed by atoms with Crippen LogP contribution in [0.1, 0.15) is 53.0 Å². The number of hydrogen-bond donors (Lipinski definition) is 0. The first-order valence-corrected chi connectivity index (χ1v) is 9.86. The quantitative estimate of drug-likeness (QED) is 0.841. The number of aromatic nitrogens is 1. The average Bonchev–Trinajstić information content (AvgIpc) is 2.93. The Balaban J connectivity index is 1.68. The van der Waals surface area contributed by atoms with E-state index in [2.05, 4.69) is 4.57 Å². The molecule has 2 aromatic rings. The minimum absolute atomic E-state index is 0.0455. The molecule has 27 heavy (non-hydrogen) atoms. The van der Waals surface area contributed by atoms with Gasteiger partial charge in [0.15, 0.2) is 11.4 Å². The van der Waals surface area contributed by atoms with E-state index in [9.17, 15) is 9.59 Å². The Morgan fingerprint density at radius 3 is 2.74 bits per heavy atom. The van der Waals surface area contributed by atoms with Crippen molar-refractivity contribution in [2.45, 2.75) is 51.2 Å². The Bertz CT molecular complexity index is 979. The molecule has 3 aliphatic rings. The van der Waals surface area contributed by atoms with E-state index in [0.717, 1.165) is 62.0 Å². The largest absolute Gasteiger partial charge is 0.483 e. The molecule has 1 fully saturated rings. The molecular formula is C22H24N2O3. The maximum absolute atomic E-state index is 13.3. The summed E-state index contributed by atoms with van der Waals surface area (Å²) < 4.78 is 8.23. The van der Waals surface area contributed by atoms with Gasteiger partial charge >= 0.3 is 0 Å². The zero-order valence-electron chi connectivity index (χ0n) is 15.7. The second-order valence-electron chi connectivity index (χ2n) is 8.10. The van der Waals surface area contributed by atoms with Crippen LogP contribution >= 0.6 is 0 Å². The van der Waals surface area contributed by atoms with Gasteiger partial charge < -0.3 is 14.2 Å². The van der Waals surface area contributed by atoms with Crippen molar-refractivity contribution in [1.82, 2.24) is 9.47 Å². The fourth-order valence-electron chi connectivity index (χ4n) is 5.13. The number of pyridine rings is 1. The van der Waals surface area contributed by atoms with Crippen LogP contribution < -0.4 is 10.2 Å². The van der Waals surface area contributed by atoms with Crippen molar-refractivity contribution < 1.29 is 9.53 Å². The van der Waals surface area contributed by atoms with Crippen LogP contribution in [-0.4, -0.2) is 28.5 Å². The molecule has 0 aliphatic carbocycles. The summed E-state index contributed by atoms with van der Waals surface area (Å²) in [5, 5.41) is 0. The third-order valence-corrected chi connectivity index (χ3v) is 6.51. The average molecular weight is 364 g/mol. The highest BCUT2D eigenvalue weighted by Gasteiger charge is 2.49. The second kappa shape index (κ2) is 5.98. The summed E-state index contributed by atoms with van der Waals surface area (Å²) in [7, 11) is 0. The van der Waals surface area contributed by atoms with Gasteiger partial charge in [0.1, 0.15) is 6.61 Å². The first-order valence-electron chi connectivity index (χ1n) is 9.86. The lowest BCUT2D eigenvalue weighted by Crippen LogP contribution is -2.52. The molecule has 1 saturated heterocycles. The lowest BCUT2D eigenvalue weighted by atomic mass is 9.89. The minimum atomic E-state index is -0.127. The lowest BCUT2D eigenvalue weighted by Gasteiger charge is -2.42. The summed E-state index contributed by atoms with van der Waals surface area (Å²) >= 11 is 0. The zero-order chi connectivity index (χ0) is 18.6. The van der Waals surface area contributed by atoms with Gasteiger partial charge in [-0.1, -0.05) is 30.3 Å². The Morgan fingerprint density at radius 2 is 1.93 bits per heavy atom. The highest BCUT2D eigenvalue weighted by atomic mass is 16.5. The number of fused-ring (bicyclic) bond motifs is 1. The summed E-state index contributed by atoms with van der Waals surface area (Å²) in [5.74, 6) is 0.193. The summed E-state index contributed by atoms with van der Waals surface area (Å²) in [5.41, 5.74) is 3.07. The van der Waals surface area contributed by atoms with Crippen molar-refractivity contribution in [1.29, 1.82) is 0 Å². The maximum atomic E-state index is 13.3. The maximum Gasteiger partial charge on any atom is 0.274 e. The van der Waals surface area contributed by atoms with Crippen LogP contribution in [0.3, 0.4) is 0 Å². The Hall–Kier alpha value is -2.56. The molecule has 0 N–H and O–H groups in total. The number of amides is 1. The van der Waals surface area contributed by atoms with Gasteiger partial charge in [0, 0.05) is 24.3 Å². The van der Waals surface area contributed by atoms with E-state index in [4.69, 9.17) is 4.74 Å². The molecule has 3 aliphatic heterocycles. The smallest absolute Gasteiger partial charge is 0.274 e. The van der Waals surface area contributed by atoms with Crippen molar-refractivity contribution >= 4 is 5.91 Å². The molecule has 4 heterocycles. The van der Waals surface area contributed by atoms with E-state index in [1.165, 1.54) is 0 Å². The topological polar surface area (TPSA) is 51.5 Å². The van der Waals surface area contributed by atoms with Gasteiger partial charge in [0.05, 0.1) is 5.54 Å². The van der Waals surface area contributed by atoms with Crippen molar-refractivity contribution in [3.63, 3.8) is 0 Å². The minimum Gasteiger partial charge on any atom is -0.483 e. The molecule has 1 amide bonds. The van der Waals surface area contributed by atoms with Crippen LogP contribution in [0.15, 0.2) is 35.1 Å². The third-order valence-electron chi connectivity index (χ3n) is 6.51. The summed E-state index contributed by atoms with van der Waals surface area (Å²) in [6.45, 7) is 3.72. The second-order valence-corrected chi connectivity index (χ2v) is 8.10. The first-order chi connectivity index (χ1) is 13.1. The molecule has 1 aromatic heterocycles. The molecule has 0 saturated carbocycles. The van der Waals surface area contributed by atoms with Gasteiger partial charge in [0.2, 0.25) is 5.43 Å². The third kappa shape index (κ3) is 2.37. The SMILES string of the molecule is Cc1c2n3c(c(OCc4ccccc4)c1=O)C(=O)N1CCCCC3(CC2)C1. The predicted octanol–water partition coefficient (Wildman–Crippen LogP) is 3.02. The fraction of sp³-hybridized carbons (Fsp3) is 0.455. The number of carbonyl (C=O) groups is 1. The monoisotopic (exact) mass is 364 g/mol. The van der Waals surface area contributed by atoms with E-state index in [1.807, 2.05) is 42.2 Å². The highest BCUT2D eigenvalue weighted by molar-refractivity contribution is 5.96. The van der Waals surface area contributed by atoms with Crippen molar-refractivity contribution in [3.05, 3.63) is 63.1 Å². The Morgan fingerprint density at radius 1 is 1.11 bits per heavy atom. The molecule has 1 atom stereocenters. The number of carbonyl (C=O) groups excluding carboxylic acids is 1. The van der Waals surface area contributed by atoms with E-state index in [-0.39, 0.29) is 22.6 Å². The number of nitrogens with zero attached hydrogens (tertiary/aromatic N) is 2. The van der Waals surface area contributed by atoms with Gasteiger partial charge in [0.25, 0.3) is 5.91 Å². The first kappa shape index (κ1) is 16.6. The van der Waals surface area contributed by atoms with Crippen molar-refractivity contribution in [2.24, 2.45) is 0 Å². The van der Waals surface area contributed by atoms with Crippen molar-refractivity contribution in [2.75, 3.05) is 13.1 Å². The number of rotatable bonds is 3. The van der Waals surface area contributed by atoms with Crippen LogP contribution in [0.5, 0.6) is 5.75 Å². The van der Waals surface area contributed by atoms with Gasteiger partial charge in [-0.2, -0.15) is 0 Å². The van der Waals surface area contributed by atoms with E-state index < -0.39 is 0 Å². The fourth-order valence-corrected chi connectivity index (χ4v) is 5.13. The standard InChI is InChI=1S/C22H24N2O3/c1-15-17-9-11-22-10-5-6-12-23(14-22)21(26)18(24(17)22)20(19(15)25)27-13-16-7-3-2-4-8-16/h2-4,7-8H,5-6,9-14H2,1H3. The molecular weight excluding hydrogens is 340 g/mol. The molecule has 1 unspecified atom stereocenters. The van der Waals surface area contributed by atoms with Crippen molar-refractivity contribution in [3.8, 4) is 5.75 Å². The molecule has 5 nitrogen and oxygen atoms in total. The summed E-state index contributed by atoms with van der Waals surface area (Å²) in [6.07, 6.45) is 5.09. The number of ether oxygens (including phenoxy) is 1. The van der Waals surface area contributed by atoms with Gasteiger partial charge in [-0.05, 0) is 44.6 Å². The molecule has 1 aromatic carbocycles. The van der Waals surface area contributed by atoms with Crippen LogP contribution in [-0.2, 0) is 18.6 Å². The summed E-state index contributed by atoms with van der Waals surface area (Å²) in [6, 6.07) is 9.78. The molecule has 2 bridgehead atoms. The van der Waals surface area contributed by atoms with Crippen LogP contribution in [0.2, 0.25) is 0 Å². The number of benzene rings is 1. The molecule has 1 spiro atoms. The van der Waals surface area contributed by atoms with E-state index in [0.29, 0.717) is 12.3 Å². The van der Waals surface area contributed by atoms with E-state index >= 15 is 0 Å². The molecule has 0 radical (unpaired) electrons. The number of hydrogen-bond acceptors (Lipinski definition) is 3. The van der Waals surface area contributed by atoms with Gasteiger partial charge in [-0.15, -0.1) is 0 Å². The lowest BCUT2D eigenvalue weighted by molar-refractivity contribution is 0.0582. The van der Waals surface area contributed by atoms with Gasteiger partial charge in [-0.25, -0.2) is 0 Å². The Labute approximate surface area is 158 Å². The van der Waals surface area contributed by atoms with E-state index in [1.54, 1.807) is 0 Å².